The van der Waals surface area contributed by atoms with E-state index in [0.717, 1.165) is 0 Å². The molecule has 154 valence electrons. The fourth-order valence-electron chi connectivity index (χ4n) is 2.23. The SMILES string of the molecule is CC(Oc1ccccc1F)C(=O)NNC(=O)CCCNC(=O)c1ccc(Cl)cc1. The first-order valence-corrected chi connectivity index (χ1v) is 9.28. The first kappa shape index (κ1) is 22.2. The van der Waals surface area contributed by atoms with Crippen LogP contribution in [-0.2, 0) is 9.59 Å². The highest BCUT2D eigenvalue weighted by Gasteiger charge is 2.17. The topological polar surface area (TPSA) is 96.5 Å². The summed E-state index contributed by atoms with van der Waals surface area (Å²) in [6, 6.07) is 12.1. The van der Waals surface area contributed by atoms with Crippen LogP contribution in [0.4, 0.5) is 4.39 Å². The molecule has 0 aliphatic heterocycles. The summed E-state index contributed by atoms with van der Waals surface area (Å²) < 4.78 is 18.7. The van der Waals surface area contributed by atoms with Crippen molar-refractivity contribution in [2.45, 2.75) is 25.9 Å². The summed E-state index contributed by atoms with van der Waals surface area (Å²) in [6.07, 6.45) is -0.544. The van der Waals surface area contributed by atoms with Crippen LogP contribution in [0, 0.1) is 5.82 Å². The van der Waals surface area contributed by atoms with Gasteiger partial charge in [-0.3, -0.25) is 25.2 Å². The Hall–Kier alpha value is -3.13. The first-order valence-electron chi connectivity index (χ1n) is 8.90. The Bertz CT molecular complexity index is 861. The van der Waals surface area contributed by atoms with Gasteiger partial charge in [-0.25, -0.2) is 4.39 Å². The summed E-state index contributed by atoms with van der Waals surface area (Å²) in [7, 11) is 0. The van der Waals surface area contributed by atoms with Gasteiger partial charge in [-0.2, -0.15) is 0 Å². The third-order valence-electron chi connectivity index (χ3n) is 3.81. The Balaban J connectivity index is 1.63. The average Bonchev–Trinajstić information content (AvgIpc) is 2.71. The molecule has 0 saturated carbocycles. The number of ether oxygens (including phenoxy) is 1. The van der Waals surface area contributed by atoms with Gasteiger partial charge in [-0.15, -0.1) is 0 Å². The van der Waals surface area contributed by atoms with Gasteiger partial charge in [0.15, 0.2) is 17.7 Å². The molecule has 2 rings (SSSR count). The van der Waals surface area contributed by atoms with Crippen LogP contribution in [0.5, 0.6) is 5.75 Å². The lowest BCUT2D eigenvalue weighted by Gasteiger charge is -2.15. The van der Waals surface area contributed by atoms with Crippen LogP contribution in [0.3, 0.4) is 0 Å². The second-order valence-electron chi connectivity index (χ2n) is 6.09. The Kier molecular flexibility index (Phi) is 8.42. The molecular formula is C20H21ClFN3O4. The number of halogens is 2. The lowest BCUT2D eigenvalue weighted by molar-refractivity contribution is -0.132. The van der Waals surface area contributed by atoms with Crippen molar-refractivity contribution in [3.05, 3.63) is 64.9 Å². The molecule has 2 aromatic rings. The van der Waals surface area contributed by atoms with Gasteiger partial charge in [0, 0.05) is 23.6 Å². The largest absolute Gasteiger partial charge is 0.478 e. The minimum atomic E-state index is -1.01. The van der Waals surface area contributed by atoms with Crippen molar-refractivity contribution in [2.75, 3.05) is 6.54 Å². The number of hydrogen-bond acceptors (Lipinski definition) is 4. The van der Waals surface area contributed by atoms with Crippen molar-refractivity contribution in [1.82, 2.24) is 16.2 Å². The summed E-state index contributed by atoms with van der Waals surface area (Å²) >= 11 is 5.77. The summed E-state index contributed by atoms with van der Waals surface area (Å²) in [5.41, 5.74) is 4.93. The molecule has 0 bridgehead atoms. The van der Waals surface area contributed by atoms with E-state index < -0.39 is 23.7 Å². The molecule has 2 aromatic carbocycles. The van der Waals surface area contributed by atoms with Crippen LogP contribution in [-0.4, -0.2) is 30.4 Å². The van der Waals surface area contributed by atoms with E-state index in [-0.39, 0.29) is 24.6 Å². The molecule has 3 amide bonds. The van der Waals surface area contributed by atoms with Crippen LogP contribution in [0.1, 0.15) is 30.1 Å². The number of benzene rings is 2. The van der Waals surface area contributed by atoms with Crippen LogP contribution in [0.2, 0.25) is 5.02 Å². The molecular weight excluding hydrogens is 401 g/mol. The highest BCUT2D eigenvalue weighted by molar-refractivity contribution is 6.30. The number of carbonyl (C=O) groups is 3. The van der Waals surface area contributed by atoms with E-state index >= 15 is 0 Å². The Morgan fingerprint density at radius 2 is 1.76 bits per heavy atom. The van der Waals surface area contributed by atoms with Gasteiger partial charge < -0.3 is 10.1 Å². The lowest BCUT2D eigenvalue weighted by atomic mass is 10.2. The van der Waals surface area contributed by atoms with Gasteiger partial charge in [0.1, 0.15) is 0 Å². The quantitative estimate of drug-likeness (QED) is 0.451. The molecule has 0 spiro atoms. The molecule has 0 aromatic heterocycles. The van der Waals surface area contributed by atoms with E-state index in [1.807, 2.05) is 0 Å². The molecule has 0 fully saturated rings. The molecule has 7 nitrogen and oxygen atoms in total. The zero-order valence-electron chi connectivity index (χ0n) is 15.7. The van der Waals surface area contributed by atoms with Crippen molar-refractivity contribution < 1.29 is 23.5 Å². The van der Waals surface area contributed by atoms with Crippen LogP contribution in [0.15, 0.2) is 48.5 Å². The number of carbonyl (C=O) groups excluding carboxylic acids is 3. The number of hydrogen-bond donors (Lipinski definition) is 3. The molecule has 29 heavy (non-hydrogen) atoms. The van der Waals surface area contributed by atoms with Crippen molar-refractivity contribution in [3.8, 4) is 5.75 Å². The fourth-order valence-corrected chi connectivity index (χ4v) is 2.36. The lowest BCUT2D eigenvalue weighted by Crippen LogP contribution is -2.47. The maximum absolute atomic E-state index is 13.5. The number of hydrazine groups is 1. The van der Waals surface area contributed by atoms with Gasteiger partial charge in [0.2, 0.25) is 5.91 Å². The van der Waals surface area contributed by atoms with E-state index in [4.69, 9.17) is 16.3 Å². The van der Waals surface area contributed by atoms with Crippen LogP contribution >= 0.6 is 11.6 Å². The fraction of sp³-hybridized carbons (Fsp3) is 0.250. The molecule has 0 saturated heterocycles. The smallest absolute Gasteiger partial charge is 0.279 e. The second kappa shape index (κ2) is 11.0. The van der Waals surface area contributed by atoms with Crippen molar-refractivity contribution in [3.63, 3.8) is 0 Å². The monoisotopic (exact) mass is 421 g/mol. The highest BCUT2D eigenvalue weighted by atomic mass is 35.5. The number of amides is 3. The maximum Gasteiger partial charge on any atom is 0.279 e. The maximum atomic E-state index is 13.5. The molecule has 0 heterocycles. The van der Waals surface area contributed by atoms with E-state index in [0.29, 0.717) is 17.0 Å². The zero-order chi connectivity index (χ0) is 21.2. The minimum absolute atomic E-state index is 0.0575. The molecule has 1 unspecified atom stereocenters. The summed E-state index contributed by atoms with van der Waals surface area (Å²) in [6.45, 7) is 1.72. The van der Waals surface area contributed by atoms with Gasteiger partial charge in [0.25, 0.3) is 11.8 Å². The average molecular weight is 422 g/mol. The molecule has 9 heteroatoms. The zero-order valence-corrected chi connectivity index (χ0v) is 16.5. The number of nitrogens with one attached hydrogen (secondary N) is 3. The van der Waals surface area contributed by atoms with E-state index in [1.165, 1.54) is 25.1 Å². The predicted octanol–water partition coefficient (Wildman–Crippen LogP) is 2.60. The van der Waals surface area contributed by atoms with E-state index in [2.05, 4.69) is 16.2 Å². The van der Waals surface area contributed by atoms with Gasteiger partial charge in [-0.05, 0) is 49.7 Å². The van der Waals surface area contributed by atoms with Crippen molar-refractivity contribution in [2.24, 2.45) is 0 Å². The van der Waals surface area contributed by atoms with Crippen molar-refractivity contribution in [1.29, 1.82) is 0 Å². The summed E-state index contributed by atoms with van der Waals surface area (Å²) in [5, 5.41) is 3.22. The minimum Gasteiger partial charge on any atom is -0.478 e. The third kappa shape index (κ3) is 7.42. The Morgan fingerprint density at radius 1 is 1.07 bits per heavy atom. The van der Waals surface area contributed by atoms with Crippen molar-refractivity contribution >= 4 is 29.3 Å². The summed E-state index contributed by atoms with van der Waals surface area (Å²) in [4.78, 5) is 35.6. The van der Waals surface area contributed by atoms with Crippen LogP contribution < -0.4 is 20.9 Å². The predicted molar refractivity (Wildman–Crippen MR) is 106 cm³/mol. The highest BCUT2D eigenvalue weighted by Crippen LogP contribution is 2.16. The normalized spacial score (nSPS) is 11.3. The Labute approximate surface area is 172 Å². The summed E-state index contributed by atoms with van der Waals surface area (Å²) in [5.74, 6) is -1.97. The van der Waals surface area contributed by atoms with Crippen LogP contribution in [0.25, 0.3) is 0 Å². The second-order valence-corrected chi connectivity index (χ2v) is 6.53. The van der Waals surface area contributed by atoms with E-state index in [9.17, 15) is 18.8 Å². The van der Waals surface area contributed by atoms with E-state index in [1.54, 1.807) is 30.3 Å². The molecule has 0 aliphatic carbocycles. The van der Waals surface area contributed by atoms with Gasteiger partial charge in [-0.1, -0.05) is 23.7 Å². The Morgan fingerprint density at radius 3 is 2.45 bits per heavy atom. The number of para-hydroxylation sites is 1. The molecule has 3 N–H and O–H groups in total. The third-order valence-corrected chi connectivity index (χ3v) is 4.06. The molecule has 1 atom stereocenters. The molecule has 0 aliphatic rings. The standard InChI is InChI=1S/C20H21ClFN3O4/c1-13(29-17-6-3-2-5-16(17)22)19(27)25-24-18(26)7-4-12-23-20(28)14-8-10-15(21)11-9-14/h2-3,5-6,8-11,13H,4,7,12H2,1H3,(H,23,28)(H,24,26)(H,25,27). The number of rotatable bonds is 8. The first-order chi connectivity index (χ1) is 13.9. The van der Waals surface area contributed by atoms with Gasteiger partial charge in [0.05, 0.1) is 0 Å². The molecule has 0 radical (unpaired) electrons. The van der Waals surface area contributed by atoms with Gasteiger partial charge >= 0.3 is 0 Å².